The largest absolute Gasteiger partial charge is 0.315 e. The summed E-state index contributed by atoms with van der Waals surface area (Å²) in [6.45, 7) is 4.44. The van der Waals surface area contributed by atoms with E-state index in [9.17, 15) is 8.78 Å². The molecule has 0 aliphatic heterocycles. The minimum absolute atomic E-state index is 0.284. The molecule has 0 saturated carbocycles. The van der Waals surface area contributed by atoms with Crippen LogP contribution in [-0.4, -0.2) is 33.3 Å². The number of hydrogen-bond acceptors (Lipinski definition) is 5. The summed E-state index contributed by atoms with van der Waals surface area (Å²) in [5.74, 6) is -1.36. The molecule has 0 bridgehead atoms. The van der Waals surface area contributed by atoms with Crippen molar-refractivity contribution in [3.05, 3.63) is 35.4 Å². The monoisotopic (exact) mass is 313 g/mol. The number of halogens is 2. The van der Waals surface area contributed by atoms with Crippen LogP contribution in [-0.2, 0) is 12.3 Å². The summed E-state index contributed by atoms with van der Waals surface area (Å²) in [6.07, 6.45) is 1.07. The maximum absolute atomic E-state index is 13.6. The molecule has 21 heavy (non-hydrogen) atoms. The van der Waals surface area contributed by atoms with E-state index in [1.807, 2.05) is 0 Å². The van der Waals surface area contributed by atoms with E-state index in [1.165, 1.54) is 17.8 Å². The first-order valence-electron chi connectivity index (χ1n) is 6.75. The van der Waals surface area contributed by atoms with Gasteiger partial charge in [-0.15, -0.1) is 5.10 Å². The minimum Gasteiger partial charge on any atom is -0.315 e. The summed E-state index contributed by atoms with van der Waals surface area (Å²) in [4.78, 5) is 0. The third-order valence-electron chi connectivity index (χ3n) is 2.81. The Labute approximate surface area is 126 Å². The Morgan fingerprint density at radius 2 is 2.14 bits per heavy atom. The lowest BCUT2D eigenvalue weighted by Crippen LogP contribution is -2.21. The van der Waals surface area contributed by atoms with Crippen LogP contribution in [0.2, 0.25) is 0 Å². The molecule has 1 N–H and O–H groups in total. The topological polar surface area (TPSA) is 55.6 Å². The zero-order chi connectivity index (χ0) is 15.1. The molecule has 1 heterocycles. The van der Waals surface area contributed by atoms with Gasteiger partial charge in [-0.3, -0.25) is 0 Å². The second-order valence-corrected chi connectivity index (χ2v) is 5.38. The fourth-order valence-electron chi connectivity index (χ4n) is 1.73. The van der Waals surface area contributed by atoms with Crippen LogP contribution in [0.4, 0.5) is 8.78 Å². The molecule has 2 rings (SSSR count). The van der Waals surface area contributed by atoms with Crippen molar-refractivity contribution in [2.24, 2.45) is 0 Å². The third-order valence-corrected chi connectivity index (χ3v) is 3.82. The number of aromatic nitrogens is 4. The number of nitrogens with zero attached hydrogens (tertiary/aromatic N) is 4. The quantitative estimate of drug-likeness (QED) is 0.598. The van der Waals surface area contributed by atoms with Crippen molar-refractivity contribution in [3.8, 4) is 0 Å². The van der Waals surface area contributed by atoms with Crippen LogP contribution in [0.3, 0.4) is 0 Å². The second-order valence-electron chi connectivity index (χ2n) is 4.44. The fraction of sp³-hybridized carbons (Fsp3) is 0.462. The predicted molar refractivity (Wildman–Crippen MR) is 76.9 cm³/mol. The summed E-state index contributed by atoms with van der Waals surface area (Å²) in [5, 5.41) is 15.3. The molecule has 0 saturated heterocycles. The Morgan fingerprint density at radius 1 is 1.29 bits per heavy atom. The third kappa shape index (κ3) is 4.47. The molecule has 8 heteroatoms. The molecule has 2 aromatic rings. The predicted octanol–water partition coefficient (Wildman–Crippen LogP) is 2.24. The van der Waals surface area contributed by atoms with Crippen molar-refractivity contribution >= 4 is 11.8 Å². The van der Waals surface area contributed by atoms with Gasteiger partial charge in [0.1, 0.15) is 0 Å². The van der Waals surface area contributed by atoms with Gasteiger partial charge in [-0.1, -0.05) is 30.8 Å². The van der Waals surface area contributed by atoms with Crippen LogP contribution < -0.4 is 5.32 Å². The van der Waals surface area contributed by atoms with Gasteiger partial charge >= 0.3 is 0 Å². The highest BCUT2D eigenvalue weighted by Gasteiger charge is 2.11. The highest BCUT2D eigenvalue weighted by Crippen LogP contribution is 2.22. The normalized spacial score (nSPS) is 11.0. The SMILES string of the molecule is CCCNCCn1nnnc1SCc1cccc(F)c1F. The lowest BCUT2D eigenvalue weighted by molar-refractivity contribution is 0.502. The van der Waals surface area contributed by atoms with Crippen LogP contribution in [0.15, 0.2) is 23.4 Å². The average Bonchev–Trinajstić information content (AvgIpc) is 2.93. The number of tetrazole rings is 1. The minimum atomic E-state index is -0.837. The number of thioether (sulfide) groups is 1. The first-order chi connectivity index (χ1) is 10.2. The van der Waals surface area contributed by atoms with Gasteiger partial charge in [0, 0.05) is 17.9 Å². The van der Waals surface area contributed by atoms with E-state index in [0.29, 0.717) is 17.3 Å². The summed E-state index contributed by atoms with van der Waals surface area (Å²) >= 11 is 1.29. The highest BCUT2D eigenvalue weighted by molar-refractivity contribution is 7.98. The first kappa shape index (κ1) is 15.8. The molecule has 0 atom stereocenters. The molecule has 5 nitrogen and oxygen atoms in total. The van der Waals surface area contributed by atoms with Gasteiger partial charge in [0.05, 0.1) is 6.54 Å². The number of nitrogens with one attached hydrogen (secondary N) is 1. The van der Waals surface area contributed by atoms with Crippen molar-refractivity contribution in [2.45, 2.75) is 30.8 Å². The molecule has 0 spiro atoms. The molecular weight excluding hydrogens is 296 g/mol. The van der Waals surface area contributed by atoms with Gasteiger partial charge in [-0.05, 0) is 29.5 Å². The molecule has 1 aromatic heterocycles. The van der Waals surface area contributed by atoms with E-state index in [2.05, 4.69) is 27.8 Å². The summed E-state index contributed by atoms with van der Waals surface area (Å²) in [6, 6.07) is 4.15. The lowest BCUT2D eigenvalue weighted by Gasteiger charge is -2.06. The summed E-state index contributed by atoms with van der Waals surface area (Å²) < 4.78 is 28.3. The fourth-order valence-corrected chi connectivity index (χ4v) is 2.61. The number of benzene rings is 1. The molecule has 0 aliphatic carbocycles. The van der Waals surface area contributed by atoms with Crippen LogP contribution >= 0.6 is 11.8 Å². The smallest absolute Gasteiger partial charge is 0.209 e. The zero-order valence-corrected chi connectivity index (χ0v) is 12.5. The van der Waals surface area contributed by atoms with E-state index in [-0.39, 0.29) is 5.75 Å². The first-order valence-corrected chi connectivity index (χ1v) is 7.73. The Kier molecular flexibility index (Phi) is 6.06. The average molecular weight is 313 g/mol. The zero-order valence-electron chi connectivity index (χ0n) is 11.7. The van der Waals surface area contributed by atoms with E-state index in [0.717, 1.165) is 25.6 Å². The highest BCUT2D eigenvalue weighted by atomic mass is 32.2. The molecule has 0 amide bonds. The Balaban J connectivity index is 1.91. The van der Waals surface area contributed by atoms with Crippen LogP contribution in [0.25, 0.3) is 0 Å². The number of hydrogen-bond donors (Lipinski definition) is 1. The van der Waals surface area contributed by atoms with Crippen LogP contribution in [0, 0.1) is 11.6 Å². The van der Waals surface area contributed by atoms with Gasteiger partial charge in [0.2, 0.25) is 5.16 Å². The summed E-state index contributed by atoms with van der Waals surface area (Å²) in [7, 11) is 0. The van der Waals surface area contributed by atoms with Crippen molar-refractivity contribution in [1.82, 2.24) is 25.5 Å². The van der Waals surface area contributed by atoms with Crippen molar-refractivity contribution in [1.29, 1.82) is 0 Å². The van der Waals surface area contributed by atoms with Crippen LogP contribution in [0.5, 0.6) is 0 Å². The van der Waals surface area contributed by atoms with Crippen LogP contribution in [0.1, 0.15) is 18.9 Å². The van der Waals surface area contributed by atoms with E-state index >= 15 is 0 Å². The second kappa shape index (κ2) is 8.04. The van der Waals surface area contributed by atoms with Gasteiger partial charge in [0.15, 0.2) is 11.6 Å². The van der Waals surface area contributed by atoms with Gasteiger partial charge in [-0.25, -0.2) is 13.5 Å². The Bertz CT molecular complexity index is 575. The molecule has 0 fully saturated rings. The Morgan fingerprint density at radius 3 is 2.95 bits per heavy atom. The van der Waals surface area contributed by atoms with Crippen molar-refractivity contribution in [3.63, 3.8) is 0 Å². The van der Waals surface area contributed by atoms with Crippen molar-refractivity contribution in [2.75, 3.05) is 13.1 Å². The maximum atomic E-state index is 13.6. The maximum Gasteiger partial charge on any atom is 0.209 e. The van der Waals surface area contributed by atoms with E-state index in [1.54, 1.807) is 10.7 Å². The van der Waals surface area contributed by atoms with E-state index in [4.69, 9.17) is 0 Å². The molecule has 0 radical (unpaired) electrons. The molecule has 0 aliphatic rings. The summed E-state index contributed by atoms with van der Waals surface area (Å²) in [5.41, 5.74) is 0.304. The van der Waals surface area contributed by atoms with Crippen molar-refractivity contribution < 1.29 is 8.78 Å². The van der Waals surface area contributed by atoms with E-state index < -0.39 is 11.6 Å². The molecule has 0 unspecified atom stereocenters. The lowest BCUT2D eigenvalue weighted by atomic mass is 10.2. The van der Waals surface area contributed by atoms with Gasteiger partial charge in [0.25, 0.3) is 0 Å². The number of rotatable bonds is 8. The molecular formula is C13H17F2N5S. The standard InChI is InChI=1S/C13H17F2N5S/c1-2-6-16-7-8-20-13(17-18-19-20)21-9-10-4-3-5-11(14)12(10)15/h3-5,16H,2,6-9H2,1H3. The Hall–Kier alpha value is -1.54. The van der Waals surface area contributed by atoms with Gasteiger partial charge < -0.3 is 5.32 Å². The molecule has 114 valence electrons. The molecule has 1 aromatic carbocycles. The van der Waals surface area contributed by atoms with Gasteiger partial charge in [-0.2, -0.15) is 0 Å².